The maximum Gasteiger partial charge on any atom is 0.329 e. The summed E-state index contributed by atoms with van der Waals surface area (Å²) in [5.74, 6) is -0.749. The first kappa shape index (κ1) is 17.0. The van der Waals surface area contributed by atoms with Gasteiger partial charge in [0.25, 0.3) is 0 Å². The lowest BCUT2D eigenvalue weighted by atomic mass is 9.86. The molecule has 0 saturated heterocycles. The van der Waals surface area contributed by atoms with Crippen LogP contribution in [-0.2, 0) is 14.3 Å². The second-order valence-corrected chi connectivity index (χ2v) is 6.52. The molecule has 1 amide bonds. The Balaban J connectivity index is 2.54. The third-order valence-corrected chi connectivity index (χ3v) is 3.43. The molecule has 0 aromatic carbocycles. The van der Waals surface area contributed by atoms with Crippen LogP contribution in [0.15, 0.2) is 0 Å². The first-order valence-corrected chi connectivity index (χ1v) is 7.44. The van der Waals surface area contributed by atoms with Crippen molar-refractivity contribution in [2.45, 2.75) is 77.5 Å². The van der Waals surface area contributed by atoms with Gasteiger partial charge in [-0.25, -0.2) is 4.79 Å². The monoisotopic (exact) mass is 285 g/mol. The lowest BCUT2D eigenvalue weighted by molar-refractivity contribution is -0.159. The zero-order valence-electron chi connectivity index (χ0n) is 12.9. The van der Waals surface area contributed by atoms with Crippen LogP contribution < -0.4 is 5.32 Å². The van der Waals surface area contributed by atoms with Crippen molar-refractivity contribution in [3.63, 3.8) is 0 Å². The second-order valence-electron chi connectivity index (χ2n) is 6.52. The minimum atomic E-state index is -0.610. The summed E-state index contributed by atoms with van der Waals surface area (Å²) in [5, 5.41) is 12.4. The Bertz CT molecular complexity index is 348. The Kier molecular flexibility index (Phi) is 5.99. The third kappa shape index (κ3) is 5.49. The fourth-order valence-corrected chi connectivity index (χ4v) is 2.39. The normalized spacial score (nSPS) is 24.9. The molecular weight excluding hydrogens is 258 g/mol. The zero-order valence-corrected chi connectivity index (χ0v) is 12.9. The summed E-state index contributed by atoms with van der Waals surface area (Å²) in [7, 11) is 0. The summed E-state index contributed by atoms with van der Waals surface area (Å²) in [4.78, 5) is 24.1. The Morgan fingerprint density at radius 1 is 1.35 bits per heavy atom. The van der Waals surface area contributed by atoms with E-state index in [1.165, 1.54) is 0 Å². The predicted octanol–water partition coefficient (Wildman–Crippen LogP) is 1.77. The Hall–Kier alpha value is -1.10. The third-order valence-electron chi connectivity index (χ3n) is 3.43. The average Bonchev–Trinajstić information content (AvgIpc) is 2.33. The van der Waals surface area contributed by atoms with E-state index in [-0.39, 0.29) is 11.8 Å². The van der Waals surface area contributed by atoms with E-state index in [2.05, 4.69) is 5.32 Å². The van der Waals surface area contributed by atoms with Gasteiger partial charge in [-0.1, -0.05) is 13.3 Å². The molecule has 2 unspecified atom stereocenters. The van der Waals surface area contributed by atoms with Crippen molar-refractivity contribution in [2.75, 3.05) is 0 Å². The number of ether oxygens (including phenoxy) is 1. The lowest BCUT2D eigenvalue weighted by Gasteiger charge is -2.28. The van der Waals surface area contributed by atoms with E-state index in [0.717, 1.165) is 19.3 Å². The number of hydrogen-bond acceptors (Lipinski definition) is 4. The van der Waals surface area contributed by atoms with Crippen LogP contribution in [-0.4, -0.2) is 34.7 Å². The molecule has 0 spiro atoms. The summed E-state index contributed by atoms with van der Waals surface area (Å²) in [6.07, 6.45) is 2.96. The zero-order chi connectivity index (χ0) is 15.3. The Morgan fingerprint density at radius 2 is 2.00 bits per heavy atom. The highest BCUT2D eigenvalue weighted by Gasteiger charge is 2.30. The molecule has 0 bridgehead atoms. The molecule has 116 valence electrons. The van der Waals surface area contributed by atoms with Crippen LogP contribution in [0.4, 0.5) is 0 Å². The van der Waals surface area contributed by atoms with Gasteiger partial charge in [-0.15, -0.1) is 0 Å². The first-order chi connectivity index (χ1) is 9.23. The number of carbonyl (C=O) groups is 2. The van der Waals surface area contributed by atoms with Crippen LogP contribution in [0.2, 0.25) is 0 Å². The van der Waals surface area contributed by atoms with Gasteiger partial charge in [0, 0.05) is 5.92 Å². The van der Waals surface area contributed by atoms with Crippen LogP contribution in [0.25, 0.3) is 0 Å². The van der Waals surface area contributed by atoms with Crippen molar-refractivity contribution >= 4 is 11.9 Å². The van der Waals surface area contributed by atoms with E-state index >= 15 is 0 Å². The SMILES string of the molecule is CC[C@@H](NC(=O)C1CCCC(O)C1)C(=O)OC(C)(C)C. The summed E-state index contributed by atoms with van der Waals surface area (Å²) < 4.78 is 5.30. The lowest BCUT2D eigenvalue weighted by Crippen LogP contribution is -2.46. The summed E-state index contributed by atoms with van der Waals surface area (Å²) in [6.45, 7) is 7.25. The van der Waals surface area contributed by atoms with Crippen molar-refractivity contribution < 1.29 is 19.4 Å². The molecular formula is C15H27NO4. The van der Waals surface area contributed by atoms with Gasteiger partial charge in [0.15, 0.2) is 0 Å². The topological polar surface area (TPSA) is 75.6 Å². The summed E-state index contributed by atoms with van der Waals surface area (Å²) in [5.41, 5.74) is -0.559. The van der Waals surface area contributed by atoms with Gasteiger partial charge in [-0.05, 0) is 46.5 Å². The van der Waals surface area contributed by atoms with Crippen LogP contribution in [0.3, 0.4) is 0 Å². The van der Waals surface area contributed by atoms with Crippen LogP contribution >= 0.6 is 0 Å². The quantitative estimate of drug-likeness (QED) is 0.772. The molecule has 0 aliphatic heterocycles. The average molecular weight is 285 g/mol. The molecule has 5 nitrogen and oxygen atoms in total. The minimum absolute atomic E-state index is 0.151. The van der Waals surface area contributed by atoms with Crippen LogP contribution in [0.1, 0.15) is 59.8 Å². The molecule has 1 rings (SSSR count). The molecule has 5 heteroatoms. The highest BCUT2D eigenvalue weighted by atomic mass is 16.6. The molecule has 1 saturated carbocycles. The van der Waals surface area contributed by atoms with E-state index in [0.29, 0.717) is 12.8 Å². The van der Waals surface area contributed by atoms with Crippen molar-refractivity contribution in [3.05, 3.63) is 0 Å². The fourth-order valence-electron chi connectivity index (χ4n) is 2.39. The molecule has 1 aliphatic carbocycles. The van der Waals surface area contributed by atoms with E-state index < -0.39 is 23.7 Å². The van der Waals surface area contributed by atoms with Crippen molar-refractivity contribution in [3.8, 4) is 0 Å². The van der Waals surface area contributed by atoms with E-state index in [9.17, 15) is 14.7 Å². The summed E-state index contributed by atoms with van der Waals surface area (Å²) in [6, 6.07) is -0.610. The maximum absolute atomic E-state index is 12.2. The Labute approximate surface area is 121 Å². The van der Waals surface area contributed by atoms with Gasteiger partial charge >= 0.3 is 5.97 Å². The van der Waals surface area contributed by atoms with Crippen LogP contribution in [0, 0.1) is 5.92 Å². The van der Waals surface area contributed by atoms with Crippen molar-refractivity contribution in [1.82, 2.24) is 5.32 Å². The minimum Gasteiger partial charge on any atom is -0.458 e. The van der Waals surface area contributed by atoms with E-state index in [4.69, 9.17) is 4.74 Å². The number of aliphatic hydroxyl groups is 1. The van der Waals surface area contributed by atoms with Crippen LogP contribution in [0.5, 0.6) is 0 Å². The highest BCUT2D eigenvalue weighted by molar-refractivity contribution is 5.85. The number of amides is 1. The van der Waals surface area contributed by atoms with E-state index in [1.54, 1.807) is 20.8 Å². The molecule has 0 heterocycles. The van der Waals surface area contributed by atoms with E-state index in [1.807, 2.05) is 6.92 Å². The highest BCUT2D eigenvalue weighted by Crippen LogP contribution is 2.24. The maximum atomic E-state index is 12.2. The Morgan fingerprint density at radius 3 is 2.50 bits per heavy atom. The second kappa shape index (κ2) is 7.07. The number of esters is 1. The smallest absolute Gasteiger partial charge is 0.329 e. The molecule has 0 radical (unpaired) electrons. The van der Waals surface area contributed by atoms with Crippen molar-refractivity contribution in [2.24, 2.45) is 5.92 Å². The van der Waals surface area contributed by atoms with Gasteiger partial charge in [0.1, 0.15) is 11.6 Å². The first-order valence-electron chi connectivity index (χ1n) is 7.44. The van der Waals surface area contributed by atoms with Gasteiger partial charge in [-0.2, -0.15) is 0 Å². The molecule has 2 N–H and O–H groups in total. The predicted molar refractivity (Wildman–Crippen MR) is 76.0 cm³/mol. The summed E-state index contributed by atoms with van der Waals surface area (Å²) >= 11 is 0. The number of nitrogens with one attached hydrogen (secondary N) is 1. The molecule has 20 heavy (non-hydrogen) atoms. The number of rotatable bonds is 4. The van der Waals surface area contributed by atoms with Gasteiger partial charge < -0.3 is 15.2 Å². The molecule has 3 atom stereocenters. The number of hydrogen-bond donors (Lipinski definition) is 2. The molecule has 1 fully saturated rings. The molecule has 0 aromatic rings. The molecule has 1 aliphatic rings. The van der Waals surface area contributed by atoms with Gasteiger partial charge in [-0.3, -0.25) is 4.79 Å². The number of aliphatic hydroxyl groups excluding tert-OH is 1. The number of carbonyl (C=O) groups excluding carboxylic acids is 2. The van der Waals surface area contributed by atoms with Gasteiger partial charge in [0.2, 0.25) is 5.91 Å². The van der Waals surface area contributed by atoms with Crippen molar-refractivity contribution in [1.29, 1.82) is 0 Å². The fraction of sp³-hybridized carbons (Fsp3) is 0.867. The van der Waals surface area contributed by atoms with Gasteiger partial charge in [0.05, 0.1) is 6.10 Å². The standard InChI is InChI=1S/C15H27NO4/c1-5-12(14(19)20-15(2,3)4)16-13(18)10-7-6-8-11(17)9-10/h10-12,17H,5-9H2,1-4H3,(H,16,18)/t10?,11?,12-/m1/s1. The largest absolute Gasteiger partial charge is 0.458 e. The molecule has 0 aromatic heterocycles.